The molecule has 2 heterocycles. The number of benzene rings is 2. The lowest BCUT2D eigenvalue weighted by Gasteiger charge is -2.35. The van der Waals surface area contributed by atoms with Crippen molar-refractivity contribution in [3.63, 3.8) is 0 Å². The van der Waals surface area contributed by atoms with Gasteiger partial charge in [0.1, 0.15) is 5.75 Å². The van der Waals surface area contributed by atoms with Crippen LogP contribution in [0.5, 0.6) is 5.75 Å². The molecule has 10 heteroatoms. The Morgan fingerprint density at radius 1 is 0.974 bits per heavy atom. The van der Waals surface area contributed by atoms with Crippen LogP contribution >= 0.6 is 11.6 Å². The lowest BCUT2D eigenvalue weighted by molar-refractivity contribution is -0.121. The van der Waals surface area contributed by atoms with Gasteiger partial charge in [-0.15, -0.1) is 0 Å². The van der Waals surface area contributed by atoms with Crippen molar-refractivity contribution in [1.29, 1.82) is 0 Å². The highest BCUT2D eigenvalue weighted by Gasteiger charge is 2.28. The summed E-state index contributed by atoms with van der Waals surface area (Å²) in [6.45, 7) is 4.29. The zero-order chi connectivity index (χ0) is 27.6. The van der Waals surface area contributed by atoms with Crippen LogP contribution in [0.15, 0.2) is 42.5 Å². The molecule has 0 unspecified atom stereocenters. The molecule has 9 nitrogen and oxygen atoms in total. The first kappa shape index (κ1) is 28.7. The fraction of sp³-hybridized carbons (Fsp3) is 0.483. The van der Waals surface area contributed by atoms with Crippen LogP contribution in [0.1, 0.15) is 60.4 Å². The molecular formula is C29H37ClN4O5. The Morgan fingerprint density at radius 3 is 2.44 bits per heavy atom. The largest absolute Gasteiger partial charge is 0.482 e. The summed E-state index contributed by atoms with van der Waals surface area (Å²) in [4.78, 5) is 40.2. The monoisotopic (exact) mass is 556 g/mol. The van der Waals surface area contributed by atoms with Crippen molar-refractivity contribution in [2.24, 2.45) is 0 Å². The van der Waals surface area contributed by atoms with E-state index in [1.807, 2.05) is 41.3 Å². The Labute approximate surface area is 234 Å². The number of likely N-dealkylation sites (tertiary alicyclic amines) is 1. The number of nitrogens with zero attached hydrogens (tertiary/aromatic N) is 2. The minimum atomic E-state index is -0.999. The summed E-state index contributed by atoms with van der Waals surface area (Å²) in [7, 11) is 0. The third-order valence-electron chi connectivity index (χ3n) is 7.40. The van der Waals surface area contributed by atoms with Crippen molar-refractivity contribution in [3.8, 4) is 5.75 Å². The molecule has 0 atom stereocenters. The molecular weight excluding hydrogens is 520 g/mol. The number of carboxylic acid groups (broad SMARTS) is 1. The lowest BCUT2D eigenvalue weighted by atomic mass is 9.86. The second-order valence-electron chi connectivity index (χ2n) is 10.1. The molecule has 3 N–H and O–H groups in total. The van der Waals surface area contributed by atoms with Crippen LogP contribution in [0.4, 0.5) is 10.5 Å². The number of nitrogens with one attached hydrogen (secondary N) is 2. The predicted octanol–water partition coefficient (Wildman–Crippen LogP) is 4.50. The lowest BCUT2D eigenvalue weighted by Crippen LogP contribution is -2.45. The highest BCUT2D eigenvalue weighted by Crippen LogP contribution is 2.33. The van der Waals surface area contributed by atoms with Crippen molar-refractivity contribution in [2.75, 3.05) is 50.8 Å². The molecule has 0 aromatic heterocycles. The Morgan fingerprint density at radius 2 is 1.69 bits per heavy atom. The number of halogens is 1. The maximum absolute atomic E-state index is 13.0. The molecule has 0 spiro atoms. The van der Waals surface area contributed by atoms with Gasteiger partial charge in [-0.2, -0.15) is 0 Å². The van der Waals surface area contributed by atoms with E-state index in [1.165, 1.54) is 0 Å². The van der Waals surface area contributed by atoms with Crippen LogP contribution in [0.25, 0.3) is 0 Å². The van der Waals surface area contributed by atoms with Crippen molar-refractivity contribution >= 4 is 35.2 Å². The van der Waals surface area contributed by atoms with E-state index in [-0.39, 0.29) is 24.3 Å². The van der Waals surface area contributed by atoms with Gasteiger partial charge in [-0.25, -0.2) is 4.79 Å². The predicted molar refractivity (Wildman–Crippen MR) is 151 cm³/mol. The quantitative estimate of drug-likeness (QED) is 0.332. The molecule has 0 radical (unpaired) electrons. The number of hydrogen-bond acceptors (Lipinski definition) is 5. The maximum Gasteiger partial charge on any atom is 0.404 e. The van der Waals surface area contributed by atoms with E-state index in [2.05, 4.69) is 15.5 Å². The van der Waals surface area contributed by atoms with E-state index >= 15 is 0 Å². The van der Waals surface area contributed by atoms with Gasteiger partial charge in [0, 0.05) is 36.8 Å². The molecule has 0 aliphatic carbocycles. The number of ether oxygens (including phenoxy) is 1. The number of unbranched alkanes of at least 4 members (excludes halogenated alkanes) is 3. The summed E-state index contributed by atoms with van der Waals surface area (Å²) in [6.07, 6.45) is 4.31. The molecule has 0 saturated carbocycles. The third kappa shape index (κ3) is 8.10. The first-order chi connectivity index (χ1) is 18.9. The number of carbonyl (C=O) groups is 3. The number of fused-ring (bicyclic) bond motifs is 1. The number of amides is 3. The van der Waals surface area contributed by atoms with Gasteiger partial charge in [-0.1, -0.05) is 42.6 Å². The van der Waals surface area contributed by atoms with Crippen molar-refractivity contribution in [3.05, 3.63) is 58.6 Å². The summed E-state index contributed by atoms with van der Waals surface area (Å²) in [5.74, 6) is 0.895. The van der Waals surface area contributed by atoms with E-state index in [0.29, 0.717) is 30.2 Å². The summed E-state index contributed by atoms with van der Waals surface area (Å²) >= 11 is 6.26. The van der Waals surface area contributed by atoms with Crippen molar-refractivity contribution in [2.45, 2.75) is 44.4 Å². The van der Waals surface area contributed by atoms with Crippen LogP contribution in [0.2, 0.25) is 5.02 Å². The fourth-order valence-corrected chi connectivity index (χ4v) is 5.46. The van der Waals surface area contributed by atoms with E-state index in [0.717, 1.165) is 75.2 Å². The molecule has 210 valence electrons. The highest BCUT2D eigenvalue weighted by molar-refractivity contribution is 6.31. The van der Waals surface area contributed by atoms with Crippen LogP contribution in [-0.2, 0) is 4.79 Å². The van der Waals surface area contributed by atoms with Crippen molar-refractivity contribution < 1.29 is 24.2 Å². The summed E-state index contributed by atoms with van der Waals surface area (Å²) in [5.41, 5.74) is 2.51. The number of anilines is 1. The Balaban J connectivity index is 1.24. The molecule has 4 rings (SSSR count). The second kappa shape index (κ2) is 14.2. The Bertz CT molecular complexity index is 1150. The van der Waals surface area contributed by atoms with Gasteiger partial charge in [0.15, 0.2) is 6.61 Å². The topological polar surface area (TPSA) is 111 Å². The molecule has 2 aliphatic heterocycles. The first-order valence-corrected chi connectivity index (χ1v) is 14.1. The van der Waals surface area contributed by atoms with Crippen molar-refractivity contribution in [1.82, 2.24) is 15.5 Å². The Hall–Kier alpha value is -3.30. The molecule has 2 aromatic carbocycles. The van der Waals surface area contributed by atoms with Gasteiger partial charge >= 0.3 is 6.09 Å². The molecule has 0 bridgehead atoms. The standard InChI is InChI=1S/C29H37ClN4O5/c30-22-9-10-23(24(19-22)28(36)31-13-5-1-2-6-14-32-29(37)38)21-11-15-33(16-12-21)17-18-34-25-7-3-4-8-26(25)39-20-27(34)35/h3-4,7-10,19,21,32H,1-2,5-6,11-18,20H2,(H,31,36)(H,37,38). The molecule has 1 fully saturated rings. The smallest absolute Gasteiger partial charge is 0.404 e. The normalized spacial score (nSPS) is 15.9. The highest BCUT2D eigenvalue weighted by atomic mass is 35.5. The van der Waals surface area contributed by atoms with Crippen LogP contribution in [-0.4, -0.2) is 73.8 Å². The summed E-state index contributed by atoms with van der Waals surface area (Å²) in [6, 6.07) is 13.2. The van der Waals surface area contributed by atoms with E-state index < -0.39 is 6.09 Å². The molecule has 3 amide bonds. The minimum Gasteiger partial charge on any atom is -0.482 e. The molecule has 2 aliphatic rings. The molecule has 39 heavy (non-hydrogen) atoms. The van der Waals surface area contributed by atoms with E-state index in [1.54, 1.807) is 6.07 Å². The van der Waals surface area contributed by atoms with Crippen LogP contribution in [0, 0.1) is 0 Å². The number of piperidine rings is 1. The van der Waals surface area contributed by atoms with E-state index in [4.69, 9.17) is 21.4 Å². The zero-order valence-electron chi connectivity index (χ0n) is 22.2. The Kier molecular flexibility index (Phi) is 10.4. The first-order valence-electron chi connectivity index (χ1n) is 13.7. The summed E-state index contributed by atoms with van der Waals surface area (Å²) in [5, 5.41) is 14.5. The fourth-order valence-electron chi connectivity index (χ4n) is 5.29. The number of rotatable bonds is 12. The number of hydrogen-bond donors (Lipinski definition) is 3. The molecule has 1 saturated heterocycles. The average molecular weight is 557 g/mol. The van der Waals surface area contributed by atoms with Gasteiger partial charge in [0.2, 0.25) is 0 Å². The van der Waals surface area contributed by atoms with Gasteiger partial charge in [0.25, 0.3) is 11.8 Å². The van der Waals surface area contributed by atoms with Crippen LogP contribution in [0.3, 0.4) is 0 Å². The number of para-hydroxylation sites is 2. The van der Waals surface area contributed by atoms with Gasteiger partial charge < -0.3 is 30.3 Å². The van der Waals surface area contributed by atoms with Crippen LogP contribution < -0.4 is 20.3 Å². The summed E-state index contributed by atoms with van der Waals surface area (Å²) < 4.78 is 5.55. The number of carbonyl (C=O) groups excluding carboxylic acids is 2. The third-order valence-corrected chi connectivity index (χ3v) is 7.64. The second-order valence-corrected chi connectivity index (χ2v) is 10.5. The average Bonchev–Trinajstić information content (AvgIpc) is 2.94. The maximum atomic E-state index is 13.0. The zero-order valence-corrected chi connectivity index (χ0v) is 22.9. The van der Waals surface area contributed by atoms with Gasteiger partial charge in [-0.05, 0) is 74.5 Å². The molecule has 2 aromatic rings. The minimum absolute atomic E-state index is 0.0180. The van der Waals surface area contributed by atoms with E-state index in [9.17, 15) is 14.4 Å². The SMILES string of the molecule is O=C(O)NCCCCCCNC(=O)c1cc(Cl)ccc1C1CCN(CCN2C(=O)COc3ccccc32)CC1. The van der Waals surface area contributed by atoms with Gasteiger partial charge in [0.05, 0.1) is 5.69 Å². The van der Waals surface area contributed by atoms with Gasteiger partial charge in [-0.3, -0.25) is 9.59 Å².